The molecule has 0 spiro atoms. The summed E-state index contributed by atoms with van der Waals surface area (Å²) in [7, 11) is 1.98. The number of H-pyrrole nitrogens is 1. The van der Waals surface area contributed by atoms with E-state index < -0.39 is 0 Å². The van der Waals surface area contributed by atoms with E-state index in [2.05, 4.69) is 49.7 Å². The number of fused-ring (bicyclic) bond motifs is 1. The van der Waals surface area contributed by atoms with Crippen LogP contribution in [0.25, 0.3) is 16.5 Å². The van der Waals surface area contributed by atoms with Gasteiger partial charge < -0.3 is 9.88 Å². The molecule has 0 fully saturated rings. The lowest BCUT2D eigenvalue weighted by Crippen LogP contribution is -2.10. The monoisotopic (exact) mass is 298 g/mol. The molecule has 0 saturated heterocycles. The molecule has 0 unspecified atom stereocenters. The van der Waals surface area contributed by atoms with E-state index in [9.17, 15) is 0 Å². The van der Waals surface area contributed by atoms with E-state index in [1.807, 2.05) is 24.2 Å². The number of likely N-dealkylation sites (N-methyl/N-ethyl adjacent to an activating group) is 1. The van der Waals surface area contributed by atoms with Crippen molar-refractivity contribution in [1.29, 1.82) is 0 Å². The molecule has 3 rings (SSSR count). The van der Waals surface area contributed by atoms with Gasteiger partial charge in [-0.15, -0.1) is 0 Å². The number of aromatic nitrogens is 1. The number of hydrogen-bond acceptors (Lipinski definition) is 1. The van der Waals surface area contributed by atoms with Crippen molar-refractivity contribution in [3.63, 3.8) is 0 Å². The Balaban J connectivity index is 2.11. The molecule has 0 atom stereocenters. The number of halogens is 1. The molecular weight excluding hydrogens is 280 g/mol. The molecule has 1 N–H and O–H groups in total. The number of nitrogens with zero attached hydrogens (tertiary/aromatic N) is 1. The number of rotatable bonds is 2. The van der Waals surface area contributed by atoms with Gasteiger partial charge in [0.05, 0.1) is 0 Å². The van der Waals surface area contributed by atoms with Gasteiger partial charge >= 0.3 is 0 Å². The van der Waals surface area contributed by atoms with Gasteiger partial charge in [0, 0.05) is 46.1 Å². The zero-order chi connectivity index (χ0) is 15.1. The van der Waals surface area contributed by atoms with E-state index in [0.29, 0.717) is 5.92 Å². The van der Waals surface area contributed by atoms with Crippen molar-refractivity contribution in [2.75, 3.05) is 7.05 Å². The molecule has 2 nitrogen and oxygen atoms in total. The predicted octanol–water partition coefficient (Wildman–Crippen LogP) is 5.30. The Hall–Kier alpha value is -1.93. The molecular formula is C18H19ClN2. The largest absolute Gasteiger partial charge is 0.358 e. The quantitative estimate of drug-likeness (QED) is 0.797. The first-order valence-corrected chi connectivity index (χ1v) is 7.47. The fraction of sp³-hybridized carbons (Fsp3) is 0.222. The third kappa shape index (κ3) is 2.52. The molecule has 2 heterocycles. The smallest absolute Gasteiger partial charge is 0.0491 e. The van der Waals surface area contributed by atoms with Crippen LogP contribution in [0, 0.1) is 0 Å². The minimum absolute atomic E-state index is 0.474. The average molecular weight is 299 g/mol. The summed E-state index contributed by atoms with van der Waals surface area (Å²) in [5.74, 6) is 0.474. The summed E-state index contributed by atoms with van der Waals surface area (Å²) in [5, 5.41) is 1.92. The van der Waals surface area contributed by atoms with Gasteiger partial charge in [-0.3, -0.25) is 0 Å². The summed E-state index contributed by atoms with van der Waals surface area (Å²) < 4.78 is 0. The van der Waals surface area contributed by atoms with Crippen molar-refractivity contribution in [3.05, 3.63) is 65.1 Å². The Labute approximate surface area is 130 Å². The average Bonchev–Trinajstić information content (AvgIpc) is 2.84. The van der Waals surface area contributed by atoms with Gasteiger partial charge in [-0.1, -0.05) is 32.0 Å². The van der Waals surface area contributed by atoms with Crippen molar-refractivity contribution in [2.24, 2.45) is 0 Å². The minimum atomic E-state index is 0.474. The summed E-state index contributed by atoms with van der Waals surface area (Å²) in [6.07, 6.45) is 6.12. The first-order valence-electron chi connectivity index (χ1n) is 7.10. The van der Waals surface area contributed by atoms with Crippen LogP contribution in [-0.4, -0.2) is 16.9 Å². The lowest BCUT2D eigenvalue weighted by molar-refractivity contribution is 0.588. The number of aromatic amines is 1. The molecule has 1 aliphatic rings. The van der Waals surface area contributed by atoms with Gasteiger partial charge in [0.25, 0.3) is 0 Å². The summed E-state index contributed by atoms with van der Waals surface area (Å²) in [6, 6.07) is 6.33. The fourth-order valence-electron chi connectivity index (χ4n) is 2.49. The summed E-state index contributed by atoms with van der Waals surface area (Å²) in [5.41, 5.74) is 5.43. The summed E-state index contributed by atoms with van der Waals surface area (Å²) >= 11 is 6.48. The topological polar surface area (TPSA) is 19.0 Å². The third-order valence-electron chi connectivity index (χ3n) is 3.92. The lowest BCUT2D eigenvalue weighted by atomic mass is 10.0. The molecule has 2 aromatic rings. The number of nitrogens with one attached hydrogen (secondary N) is 1. The number of allylic oxidation sites excluding steroid dienone is 3. The maximum Gasteiger partial charge on any atom is 0.0491 e. The van der Waals surface area contributed by atoms with Crippen LogP contribution in [0.2, 0.25) is 5.02 Å². The van der Waals surface area contributed by atoms with Crippen molar-refractivity contribution in [2.45, 2.75) is 19.8 Å². The van der Waals surface area contributed by atoms with Crippen LogP contribution in [0.1, 0.15) is 31.0 Å². The van der Waals surface area contributed by atoms with Gasteiger partial charge in [-0.2, -0.15) is 0 Å². The van der Waals surface area contributed by atoms with Crippen LogP contribution in [0.5, 0.6) is 0 Å². The number of benzene rings is 1. The Morgan fingerprint density at radius 3 is 2.67 bits per heavy atom. The lowest BCUT2D eigenvalue weighted by Gasteiger charge is -2.20. The molecule has 0 amide bonds. The zero-order valence-corrected chi connectivity index (χ0v) is 13.3. The highest BCUT2D eigenvalue weighted by atomic mass is 35.5. The molecule has 1 aromatic heterocycles. The third-order valence-corrected chi connectivity index (χ3v) is 4.23. The van der Waals surface area contributed by atoms with Gasteiger partial charge in [-0.25, -0.2) is 0 Å². The van der Waals surface area contributed by atoms with Crippen molar-refractivity contribution in [3.8, 4) is 0 Å². The van der Waals surface area contributed by atoms with E-state index in [-0.39, 0.29) is 0 Å². The second-order valence-corrected chi connectivity index (χ2v) is 6.22. The first kappa shape index (κ1) is 14.0. The Bertz CT molecular complexity index is 778. The minimum Gasteiger partial charge on any atom is -0.358 e. The molecule has 3 heteroatoms. The van der Waals surface area contributed by atoms with Crippen molar-refractivity contribution < 1.29 is 0 Å². The molecule has 1 aromatic carbocycles. The van der Waals surface area contributed by atoms with E-state index >= 15 is 0 Å². The van der Waals surface area contributed by atoms with Gasteiger partial charge in [-0.05, 0) is 41.8 Å². The maximum absolute atomic E-state index is 6.48. The highest BCUT2D eigenvalue weighted by Crippen LogP contribution is 2.33. The zero-order valence-electron chi connectivity index (χ0n) is 12.6. The SMILES string of the molecule is C=C1C=C(c2cc3[nH]c(C(C)C)cc3cc2Cl)C=CN1C. The predicted molar refractivity (Wildman–Crippen MR) is 91.4 cm³/mol. The Kier molecular flexibility index (Phi) is 3.42. The van der Waals surface area contributed by atoms with Crippen molar-refractivity contribution in [1.82, 2.24) is 9.88 Å². The highest BCUT2D eigenvalue weighted by molar-refractivity contribution is 6.33. The fourth-order valence-corrected chi connectivity index (χ4v) is 2.77. The Morgan fingerprint density at radius 2 is 2.00 bits per heavy atom. The van der Waals surface area contributed by atoms with Crippen LogP contribution in [0.4, 0.5) is 0 Å². The molecule has 21 heavy (non-hydrogen) atoms. The van der Waals surface area contributed by atoms with Crippen LogP contribution in [0.3, 0.4) is 0 Å². The van der Waals surface area contributed by atoms with Crippen LogP contribution >= 0.6 is 11.6 Å². The molecule has 0 saturated carbocycles. The van der Waals surface area contributed by atoms with E-state index in [1.165, 1.54) is 5.69 Å². The first-order chi connectivity index (χ1) is 9.95. The van der Waals surface area contributed by atoms with Crippen LogP contribution < -0.4 is 0 Å². The maximum atomic E-state index is 6.48. The standard InChI is InChI=1S/C18H19ClN2/c1-11(2)17-9-14-8-16(19)15(10-18(14)20-17)13-5-6-21(4)12(3)7-13/h5-11,20H,3H2,1-2,4H3. The molecule has 1 aliphatic heterocycles. The van der Waals surface area contributed by atoms with Gasteiger partial charge in [0.2, 0.25) is 0 Å². The second-order valence-electron chi connectivity index (χ2n) is 5.82. The summed E-state index contributed by atoms with van der Waals surface area (Å²) in [6.45, 7) is 8.40. The van der Waals surface area contributed by atoms with Gasteiger partial charge in [0.15, 0.2) is 0 Å². The molecule has 0 radical (unpaired) electrons. The highest BCUT2D eigenvalue weighted by Gasteiger charge is 2.13. The molecule has 0 bridgehead atoms. The molecule has 0 aliphatic carbocycles. The van der Waals surface area contributed by atoms with Gasteiger partial charge in [0.1, 0.15) is 0 Å². The summed E-state index contributed by atoms with van der Waals surface area (Å²) in [4.78, 5) is 5.47. The number of hydrogen-bond donors (Lipinski definition) is 1. The van der Waals surface area contributed by atoms with E-state index in [0.717, 1.165) is 32.8 Å². The second kappa shape index (κ2) is 5.12. The van der Waals surface area contributed by atoms with E-state index in [4.69, 9.17) is 11.6 Å². The van der Waals surface area contributed by atoms with Crippen molar-refractivity contribution >= 4 is 28.1 Å². The van der Waals surface area contributed by atoms with Crippen LogP contribution in [-0.2, 0) is 0 Å². The van der Waals surface area contributed by atoms with E-state index in [1.54, 1.807) is 0 Å². The normalized spacial score (nSPS) is 15.2. The van der Waals surface area contributed by atoms with Crippen LogP contribution in [0.15, 0.2) is 48.8 Å². The Morgan fingerprint density at radius 1 is 1.24 bits per heavy atom. The molecule has 108 valence electrons.